The van der Waals surface area contributed by atoms with Crippen molar-refractivity contribution in [1.82, 2.24) is 10.2 Å². The van der Waals surface area contributed by atoms with E-state index in [2.05, 4.69) is 5.32 Å². The zero-order valence-corrected chi connectivity index (χ0v) is 9.80. The van der Waals surface area contributed by atoms with Crippen LogP contribution in [0, 0.1) is 0 Å². The summed E-state index contributed by atoms with van der Waals surface area (Å²) >= 11 is 0. The second-order valence-electron chi connectivity index (χ2n) is 4.39. The van der Waals surface area contributed by atoms with Crippen LogP contribution in [-0.4, -0.2) is 35.2 Å². The number of β-amino-alcohol motifs (C(OH)–C–C–N with tert-alkyl or cyclic N) is 1. The van der Waals surface area contributed by atoms with Crippen molar-refractivity contribution in [3.05, 3.63) is 35.9 Å². The van der Waals surface area contributed by atoms with Crippen LogP contribution in [0.5, 0.6) is 0 Å². The van der Waals surface area contributed by atoms with E-state index in [1.54, 1.807) is 4.90 Å². The van der Waals surface area contributed by atoms with E-state index in [9.17, 15) is 9.90 Å². The smallest absolute Gasteiger partial charge is 0.317 e. The van der Waals surface area contributed by atoms with Crippen LogP contribution in [0.4, 0.5) is 4.79 Å². The molecule has 1 fully saturated rings. The lowest BCUT2D eigenvalue weighted by molar-refractivity contribution is 0.0842. The molecule has 1 atom stereocenters. The molecule has 92 valence electrons. The van der Waals surface area contributed by atoms with Crippen LogP contribution >= 0.6 is 0 Å². The second kappa shape index (κ2) is 5.68. The summed E-state index contributed by atoms with van der Waals surface area (Å²) in [6.45, 7) is 1.71. The van der Waals surface area contributed by atoms with Crippen molar-refractivity contribution in [1.29, 1.82) is 0 Å². The van der Waals surface area contributed by atoms with E-state index in [0.29, 0.717) is 13.1 Å². The molecule has 2 N–H and O–H groups in total. The summed E-state index contributed by atoms with van der Waals surface area (Å²) in [4.78, 5) is 13.5. The Morgan fingerprint density at radius 1 is 1.41 bits per heavy atom. The van der Waals surface area contributed by atoms with Crippen LogP contribution < -0.4 is 5.32 Å². The van der Waals surface area contributed by atoms with E-state index in [4.69, 9.17) is 0 Å². The molecule has 1 saturated heterocycles. The summed E-state index contributed by atoms with van der Waals surface area (Å²) in [5, 5.41) is 12.4. The largest absolute Gasteiger partial charge is 0.391 e. The lowest BCUT2D eigenvalue weighted by Crippen LogP contribution is -2.46. The van der Waals surface area contributed by atoms with Gasteiger partial charge in [-0.1, -0.05) is 30.3 Å². The summed E-state index contributed by atoms with van der Waals surface area (Å²) in [5.41, 5.74) is 1.08. The summed E-state index contributed by atoms with van der Waals surface area (Å²) < 4.78 is 0. The van der Waals surface area contributed by atoms with Crippen molar-refractivity contribution in [2.45, 2.75) is 25.5 Å². The number of carbonyl (C=O) groups excluding carboxylic acids is 1. The van der Waals surface area contributed by atoms with Crippen LogP contribution in [-0.2, 0) is 6.54 Å². The fourth-order valence-corrected chi connectivity index (χ4v) is 2.02. The number of nitrogens with one attached hydrogen (secondary N) is 1. The Bertz CT molecular complexity index is 367. The second-order valence-corrected chi connectivity index (χ2v) is 4.39. The van der Waals surface area contributed by atoms with Crippen molar-refractivity contribution < 1.29 is 9.90 Å². The topological polar surface area (TPSA) is 52.6 Å². The molecule has 4 nitrogen and oxygen atoms in total. The molecule has 1 heterocycles. The number of aliphatic hydroxyl groups is 1. The zero-order chi connectivity index (χ0) is 12.1. The number of piperidine rings is 1. The first-order chi connectivity index (χ1) is 8.25. The average molecular weight is 234 g/mol. The Labute approximate surface area is 101 Å². The molecule has 17 heavy (non-hydrogen) atoms. The van der Waals surface area contributed by atoms with Crippen molar-refractivity contribution >= 4 is 6.03 Å². The molecule has 2 amide bonds. The van der Waals surface area contributed by atoms with Gasteiger partial charge in [0.05, 0.1) is 6.10 Å². The molecule has 1 aliphatic rings. The van der Waals surface area contributed by atoms with Gasteiger partial charge in [-0.25, -0.2) is 4.79 Å². The third-order valence-electron chi connectivity index (χ3n) is 2.97. The maximum atomic E-state index is 11.8. The molecule has 0 spiro atoms. The first kappa shape index (κ1) is 11.9. The standard InChI is InChI=1S/C13H18N2O2/c16-12-7-4-8-15(10-12)13(17)14-9-11-5-2-1-3-6-11/h1-3,5-6,12,16H,4,7-10H2,(H,14,17)/t12-/m0/s1. The Morgan fingerprint density at radius 3 is 2.88 bits per heavy atom. The molecule has 0 radical (unpaired) electrons. The van der Waals surface area contributed by atoms with Gasteiger partial charge in [0.15, 0.2) is 0 Å². The predicted molar refractivity (Wildman–Crippen MR) is 65.5 cm³/mol. The number of hydrogen-bond acceptors (Lipinski definition) is 2. The molecule has 4 heteroatoms. The van der Waals surface area contributed by atoms with Gasteiger partial charge in [0, 0.05) is 19.6 Å². The van der Waals surface area contributed by atoms with E-state index in [1.807, 2.05) is 30.3 Å². The van der Waals surface area contributed by atoms with Gasteiger partial charge in [-0.05, 0) is 18.4 Å². The number of rotatable bonds is 2. The van der Waals surface area contributed by atoms with Gasteiger partial charge in [-0.15, -0.1) is 0 Å². The normalized spacial score (nSPS) is 20.1. The first-order valence-electron chi connectivity index (χ1n) is 6.00. The Kier molecular flexibility index (Phi) is 3.98. The van der Waals surface area contributed by atoms with Gasteiger partial charge in [0.1, 0.15) is 0 Å². The SMILES string of the molecule is O=C(NCc1ccccc1)N1CCC[C@H](O)C1. The van der Waals surface area contributed by atoms with Gasteiger partial charge in [0.2, 0.25) is 0 Å². The minimum atomic E-state index is -0.369. The lowest BCUT2D eigenvalue weighted by atomic mass is 10.1. The van der Waals surface area contributed by atoms with Crippen molar-refractivity contribution in [2.75, 3.05) is 13.1 Å². The molecule has 0 aliphatic carbocycles. The Balaban J connectivity index is 1.81. The molecule has 0 saturated carbocycles. The fourth-order valence-electron chi connectivity index (χ4n) is 2.02. The van der Waals surface area contributed by atoms with Crippen LogP contribution in [0.3, 0.4) is 0 Å². The lowest BCUT2D eigenvalue weighted by Gasteiger charge is -2.30. The third-order valence-corrected chi connectivity index (χ3v) is 2.97. The maximum Gasteiger partial charge on any atom is 0.317 e. The van der Waals surface area contributed by atoms with Gasteiger partial charge in [-0.2, -0.15) is 0 Å². The Morgan fingerprint density at radius 2 is 2.18 bits per heavy atom. The van der Waals surface area contributed by atoms with Crippen molar-refractivity contribution in [2.24, 2.45) is 0 Å². The van der Waals surface area contributed by atoms with Gasteiger partial charge in [-0.3, -0.25) is 0 Å². The molecule has 0 bridgehead atoms. The minimum absolute atomic E-state index is 0.0902. The van der Waals surface area contributed by atoms with Crippen LogP contribution in [0.25, 0.3) is 0 Å². The molecule has 2 rings (SSSR count). The van der Waals surface area contributed by atoms with Crippen molar-refractivity contribution in [3.8, 4) is 0 Å². The highest BCUT2D eigenvalue weighted by atomic mass is 16.3. The summed E-state index contributed by atoms with van der Waals surface area (Å²) in [6, 6.07) is 9.72. The number of aliphatic hydroxyl groups excluding tert-OH is 1. The minimum Gasteiger partial charge on any atom is -0.391 e. The fraction of sp³-hybridized carbons (Fsp3) is 0.462. The van der Waals surface area contributed by atoms with E-state index in [1.165, 1.54) is 0 Å². The number of carbonyl (C=O) groups is 1. The van der Waals surface area contributed by atoms with E-state index in [-0.39, 0.29) is 12.1 Å². The summed E-state index contributed by atoms with van der Waals surface area (Å²) in [6.07, 6.45) is 1.30. The molecule has 1 aromatic carbocycles. The highest BCUT2D eigenvalue weighted by Gasteiger charge is 2.21. The molecule has 0 unspecified atom stereocenters. The molecule has 0 aromatic heterocycles. The number of benzene rings is 1. The van der Waals surface area contributed by atoms with Crippen LogP contribution in [0.1, 0.15) is 18.4 Å². The molecule has 1 aromatic rings. The number of likely N-dealkylation sites (tertiary alicyclic amines) is 1. The van der Waals surface area contributed by atoms with Gasteiger partial charge in [0.25, 0.3) is 0 Å². The highest BCUT2D eigenvalue weighted by Crippen LogP contribution is 2.09. The Hall–Kier alpha value is -1.55. The van der Waals surface area contributed by atoms with E-state index >= 15 is 0 Å². The summed E-state index contributed by atoms with van der Waals surface area (Å²) in [7, 11) is 0. The number of amides is 2. The molecular formula is C13H18N2O2. The molecular weight excluding hydrogens is 216 g/mol. The van der Waals surface area contributed by atoms with Gasteiger partial charge < -0.3 is 15.3 Å². The number of nitrogens with zero attached hydrogens (tertiary/aromatic N) is 1. The van der Waals surface area contributed by atoms with E-state index in [0.717, 1.165) is 24.9 Å². The molecule has 1 aliphatic heterocycles. The first-order valence-corrected chi connectivity index (χ1v) is 6.00. The quantitative estimate of drug-likeness (QED) is 0.811. The maximum absolute atomic E-state index is 11.8. The zero-order valence-electron chi connectivity index (χ0n) is 9.80. The van der Waals surface area contributed by atoms with Gasteiger partial charge >= 0.3 is 6.03 Å². The monoisotopic (exact) mass is 234 g/mol. The van der Waals surface area contributed by atoms with Crippen LogP contribution in [0.2, 0.25) is 0 Å². The number of urea groups is 1. The van der Waals surface area contributed by atoms with E-state index < -0.39 is 0 Å². The van der Waals surface area contributed by atoms with Crippen LogP contribution in [0.15, 0.2) is 30.3 Å². The highest BCUT2D eigenvalue weighted by molar-refractivity contribution is 5.74. The average Bonchev–Trinajstić information content (AvgIpc) is 2.37. The summed E-state index contributed by atoms with van der Waals surface area (Å²) in [5.74, 6) is 0. The number of hydrogen-bond donors (Lipinski definition) is 2. The predicted octanol–water partition coefficient (Wildman–Crippen LogP) is 1.35. The third kappa shape index (κ3) is 3.46. The van der Waals surface area contributed by atoms with Crippen molar-refractivity contribution in [3.63, 3.8) is 0 Å².